The minimum absolute atomic E-state index is 0.155. The lowest BCUT2D eigenvalue weighted by atomic mass is 9.88. The molecule has 9 heteroatoms. The molecule has 1 aliphatic rings. The Morgan fingerprint density at radius 1 is 1.20 bits per heavy atom. The van der Waals surface area contributed by atoms with Crippen LogP contribution >= 0.6 is 15.9 Å². The number of fused-ring (bicyclic) bond motifs is 1. The van der Waals surface area contributed by atoms with Crippen LogP contribution in [0.5, 0.6) is 11.5 Å². The minimum Gasteiger partial charge on any atom is -0.493 e. The van der Waals surface area contributed by atoms with Crippen molar-refractivity contribution in [3.8, 4) is 11.5 Å². The molecule has 0 aliphatic heterocycles. The van der Waals surface area contributed by atoms with Gasteiger partial charge in [-0.3, -0.25) is 4.79 Å². The Bertz CT molecular complexity index is 1310. The molecule has 0 saturated heterocycles. The highest BCUT2D eigenvalue weighted by Gasteiger charge is 2.23. The fourth-order valence-electron chi connectivity index (χ4n) is 4.33. The molecule has 1 aromatic heterocycles. The van der Waals surface area contributed by atoms with Crippen LogP contribution in [0.4, 0.5) is 0 Å². The molecule has 1 heterocycles. The molecular formula is C26H28BrN3O5. The van der Waals surface area contributed by atoms with E-state index in [1.807, 2.05) is 12.1 Å². The van der Waals surface area contributed by atoms with Gasteiger partial charge in [0.05, 0.1) is 31.3 Å². The summed E-state index contributed by atoms with van der Waals surface area (Å²) in [7, 11) is 2.82. The van der Waals surface area contributed by atoms with Crippen molar-refractivity contribution in [1.82, 2.24) is 9.66 Å². The van der Waals surface area contributed by atoms with Gasteiger partial charge < -0.3 is 14.2 Å². The monoisotopic (exact) mass is 541 g/mol. The van der Waals surface area contributed by atoms with Crippen LogP contribution in [0, 0.1) is 0 Å². The Hall–Kier alpha value is -3.20. The zero-order valence-corrected chi connectivity index (χ0v) is 21.6. The number of aromatic nitrogens is 2. The molecule has 3 aromatic rings. The average molecular weight is 542 g/mol. The molecular weight excluding hydrogens is 514 g/mol. The summed E-state index contributed by atoms with van der Waals surface area (Å²) in [6.45, 7) is 1.59. The number of halogens is 1. The van der Waals surface area contributed by atoms with E-state index in [-0.39, 0.29) is 11.5 Å². The highest BCUT2D eigenvalue weighted by Crippen LogP contribution is 2.33. The van der Waals surface area contributed by atoms with Gasteiger partial charge in [0.1, 0.15) is 5.82 Å². The number of methoxy groups -OCH3 is 2. The van der Waals surface area contributed by atoms with Crippen LogP contribution in [0.2, 0.25) is 0 Å². The summed E-state index contributed by atoms with van der Waals surface area (Å²) in [5.74, 6) is 1.07. The first-order valence-corrected chi connectivity index (χ1v) is 12.4. The zero-order valence-electron chi connectivity index (χ0n) is 20.0. The van der Waals surface area contributed by atoms with Crippen LogP contribution < -0.4 is 15.0 Å². The van der Waals surface area contributed by atoms with Gasteiger partial charge in [-0.15, -0.1) is 0 Å². The molecule has 0 N–H and O–H groups in total. The van der Waals surface area contributed by atoms with E-state index in [0.29, 0.717) is 33.8 Å². The van der Waals surface area contributed by atoms with Crippen molar-refractivity contribution >= 4 is 39.0 Å². The number of carbonyl (C=O) groups excluding carboxylic acids is 1. The molecule has 0 unspecified atom stereocenters. The zero-order chi connectivity index (χ0) is 24.9. The van der Waals surface area contributed by atoms with Crippen molar-refractivity contribution < 1.29 is 19.0 Å². The summed E-state index contributed by atoms with van der Waals surface area (Å²) >= 11 is 3.45. The fraction of sp³-hybridized carbons (Fsp3) is 0.385. The summed E-state index contributed by atoms with van der Waals surface area (Å²) in [6, 6.07) is 10.8. The topological polar surface area (TPSA) is 92.0 Å². The first-order chi connectivity index (χ1) is 16.9. The van der Waals surface area contributed by atoms with Crippen LogP contribution in [0.1, 0.15) is 56.3 Å². The molecule has 1 fully saturated rings. The third-order valence-electron chi connectivity index (χ3n) is 6.17. The number of esters is 1. The molecule has 0 spiro atoms. The Morgan fingerprint density at radius 2 is 1.97 bits per heavy atom. The number of ether oxygens (including phenoxy) is 3. The standard InChI is InChI=1S/C26H28BrN3O5/c1-16(26(32)34-3)35-23-18(10-7-11-22(23)33-2)15-28-30-24(17-8-5-4-6-9-17)29-21-13-12-19(27)14-20(21)25(30)31/h7,10-17H,4-6,8-9H2,1-3H3/t16-/m0/s1. The van der Waals surface area contributed by atoms with Gasteiger partial charge >= 0.3 is 5.97 Å². The summed E-state index contributed by atoms with van der Waals surface area (Å²) in [5, 5.41) is 5.07. The number of benzene rings is 2. The second kappa shape index (κ2) is 11.0. The number of nitrogens with zero attached hydrogens (tertiary/aromatic N) is 3. The van der Waals surface area contributed by atoms with Crippen LogP contribution in [0.3, 0.4) is 0 Å². The molecule has 8 nitrogen and oxygen atoms in total. The van der Waals surface area contributed by atoms with Gasteiger partial charge in [0.25, 0.3) is 5.56 Å². The second-order valence-electron chi connectivity index (χ2n) is 8.49. The van der Waals surface area contributed by atoms with E-state index >= 15 is 0 Å². The van der Waals surface area contributed by atoms with Crippen molar-refractivity contribution in [2.24, 2.45) is 5.10 Å². The summed E-state index contributed by atoms with van der Waals surface area (Å²) < 4.78 is 18.3. The van der Waals surface area contributed by atoms with Gasteiger partial charge in [0.2, 0.25) is 0 Å². The van der Waals surface area contributed by atoms with Gasteiger partial charge in [-0.2, -0.15) is 9.78 Å². The lowest BCUT2D eigenvalue weighted by Crippen LogP contribution is -2.26. The van der Waals surface area contributed by atoms with Crippen LogP contribution in [-0.2, 0) is 9.53 Å². The quantitative estimate of drug-likeness (QED) is 0.307. The molecule has 0 amide bonds. The lowest BCUT2D eigenvalue weighted by Gasteiger charge is -2.23. The molecule has 0 bridgehead atoms. The Kier molecular flexibility index (Phi) is 7.85. The number of para-hydroxylation sites is 1. The Balaban J connectivity index is 1.82. The summed E-state index contributed by atoms with van der Waals surface area (Å²) in [6.07, 6.45) is 6.00. The van der Waals surface area contributed by atoms with E-state index in [9.17, 15) is 9.59 Å². The molecule has 1 atom stereocenters. The van der Waals surface area contributed by atoms with Crippen molar-refractivity contribution in [3.63, 3.8) is 0 Å². The van der Waals surface area contributed by atoms with Crippen molar-refractivity contribution in [2.75, 3.05) is 14.2 Å². The van der Waals surface area contributed by atoms with Gasteiger partial charge in [-0.25, -0.2) is 9.78 Å². The van der Waals surface area contributed by atoms with E-state index in [4.69, 9.17) is 19.2 Å². The third kappa shape index (κ3) is 5.40. The fourth-order valence-corrected chi connectivity index (χ4v) is 4.70. The van der Waals surface area contributed by atoms with Crippen molar-refractivity contribution in [2.45, 2.75) is 51.0 Å². The summed E-state index contributed by atoms with van der Waals surface area (Å²) in [5.41, 5.74) is 0.972. The first kappa shape index (κ1) is 24.9. The van der Waals surface area contributed by atoms with Gasteiger partial charge in [0, 0.05) is 16.0 Å². The molecule has 35 heavy (non-hydrogen) atoms. The molecule has 1 aliphatic carbocycles. The molecule has 184 valence electrons. The van der Waals surface area contributed by atoms with Crippen molar-refractivity contribution in [3.05, 3.63) is 62.6 Å². The Morgan fingerprint density at radius 3 is 2.69 bits per heavy atom. The molecule has 1 saturated carbocycles. The van der Waals surface area contributed by atoms with Gasteiger partial charge in [-0.1, -0.05) is 41.3 Å². The average Bonchev–Trinajstić information content (AvgIpc) is 2.88. The first-order valence-electron chi connectivity index (χ1n) is 11.6. The normalized spacial score (nSPS) is 15.3. The van der Waals surface area contributed by atoms with E-state index in [2.05, 4.69) is 21.0 Å². The van der Waals surface area contributed by atoms with Crippen LogP contribution in [-0.4, -0.2) is 42.2 Å². The molecule has 2 aromatic carbocycles. The number of rotatable bonds is 7. The largest absolute Gasteiger partial charge is 0.493 e. The number of carbonyl (C=O) groups is 1. The highest BCUT2D eigenvalue weighted by atomic mass is 79.9. The Labute approximate surface area is 212 Å². The smallest absolute Gasteiger partial charge is 0.346 e. The van der Waals surface area contributed by atoms with E-state index in [0.717, 1.165) is 30.2 Å². The number of hydrogen-bond acceptors (Lipinski definition) is 7. The maximum atomic E-state index is 13.6. The van der Waals surface area contributed by atoms with Gasteiger partial charge in [0.15, 0.2) is 17.6 Å². The van der Waals surface area contributed by atoms with E-state index in [1.165, 1.54) is 25.3 Å². The maximum absolute atomic E-state index is 13.6. The molecule has 4 rings (SSSR count). The summed E-state index contributed by atoms with van der Waals surface area (Å²) in [4.78, 5) is 30.4. The number of hydrogen-bond donors (Lipinski definition) is 0. The van der Waals surface area contributed by atoms with E-state index < -0.39 is 12.1 Å². The van der Waals surface area contributed by atoms with Crippen LogP contribution in [0.15, 0.2) is 50.8 Å². The minimum atomic E-state index is -0.858. The SMILES string of the molecule is COC(=O)[C@H](C)Oc1c(C=Nn2c(C3CCCCC3)nc3ccc(Br)cc3c2=O)cccc1OC. The van der Waals surface area contributed by atoms with Crippen molar-refractivity contribution in [1.29, 1.82) is 0 Å². The van der Waals surface area contributed by atoms with E-state index in [1.54, 1.807) is 37.4 Å². The van der Waals surface area contributed by atoms with Crippen LogP contribution in [0.25, 0.3) is 10.9 Å². The maximum Gasteiger partial charge on any atom is 0.346 e. The lowest BCUT2D eigenvalue weighted by molar-refractivity contribution is -0.147. The predicted octanol–water partition coefficient (Wildman–Crippen LogP) is 5.04. The molecule has 0 radical (unpaired) electrons. The third-order valence-corrected chi connectivity index (χ3v) is 6.67. The highest BCUT2D eigenvalue weighted by molar-refractivity contribution is 9.10. The van der Waals surface area contributed by atoms with Gasteiger partial charge in [-0.05, 0) is 50.1 Å². The predicted molar refractivity (Wildman–Crippen MR) is 138 cm³/mol. The second-order valence-corrected chi connectivity index (χ2v) is 9.41.